The van der Waals surface area contributed by atoms with Crippen LogP contribution in [0.2, 0.25) is 0 Å². The zero-order chi connectivity index (χ0) is 12.4. The highest BCUT2D eigenvalue weighted by atomic mass is 16.1. The van der Waals surface area contributed by atoms with Crippen LogP contribution in [0.3, 0.4) is 0 Å². The third kappa shape index (κ3) is 1.93. The lowest BCUT2D eigenvalue weighted by Gasteiger charge is -2.06. The van der Waals surface area contributed by atoms with Gasteiger partial charge in [0.15, 0.2) is 0 Å². The summed E-state index contributed by atoms with van der Waals surface area (Å²) in [5, 5.41) is 0. The van der Waals surface area contributed by atoms with E-state index in [1.165, 1.54) is 0 Å². The lowest BCUT2D eigenvalue weighted by molar-refractivity contribution is 0.574. The number of nitrogens with zero attached hydrogens (tertiary/aromatic N) is 3. The van der Waals surface area contributed by atoms with E-state index in [4.69, 9.17) is 0 Å². The fourth-order valence-electron chi connectivity index (χ4n) is 2.05. The van der Waals surface area contributed by atoms with E-state index in [0.29, 0.717) is 6.54 Å². The number of para-hydroxylation sites is 2. The smallest absolute Gasteiger partial charge is 0.250 e. The Morgan fingerprint density at radius 1 is 0.944 bits per heavy atom. The monoisotopic (exact) mass is 239 g/mol. The van der Waals surface area contributed by atoms with Gasteiger partial charge in [0.2, 0.25) is 0 Å². The Hall–Kier alpha value is -2.36. The van der Waals surface area contributed by atoms with Crippen molar-refractivity contribution in [2.24, 2.45) is 0 Å². The molecule has 0 aliphatic rings. The van der Waals surface area contributed by atoms with Crippen molar-refractivity contribution in [2.45, 2.75) is 13.1 Å². The van der Waals surface area contributed by atoms with E-state index in [1.807, 2.05) is 36.7 Å². The lowest BCUT2D eigenvalue weighted by Crippen LogP contribution is -2.20. The molecular formula is C14H13N3O. The molecule has 0 radical (unpaired) electrons. The maximum atomic E-state index is 11.6. The molecule has 2 heterocycles. The van der Waals surface area contributed by atoms with Gasteiger partial charge >= 0.3 is 0 Å². The highest BCUT2D eigenvalue weighted by Crippen LogP contribution is 2.11. The van der Waals surface area contributed by atoms with E-state index in [-0.39, 0.29) is 5.56 Å². The number of hydrogen-bond acceptors (Lipinski definition) is 2. The SMILES string of the molecule is O=c1ccccn1CCn1cnc2ccccc21. The maximum absolute atomic E-state index is 11.6. The molecule has 0 N–H and O–H groups in total. The van der Waals surface area contributed by atoms with Gasteiger partial charge in [0.25, 0.3) is 5.56 Å². The molecule has 4 nitrogen and oxygen atoms in total. The second-order valence-electron chi connectivity index (χ2n) is 4.16. The second-order valence-corrected chi connectivity index (χ2v) is 4.16. The van der Waals surface area contributed by atoms with Crippen LogP contribution in [0.25, 0.3) is 11.0 Å². The topological polar surface area (TPSA) is 39.8 Å². The molecule has 2 aromatic heterocycles. The van der Waals surface area contributed by atoms with Crippen molar-refractivity contribution >= 4 is 11.0 Å². The molecule has 0 bridgehead atoms. The summed E-state index contributed by atoms with van der Waals surface area (Å²) in [6.45, 7) is 1.39. The number of benzene rings is 1. The first-order chi connectivity index (χ1) is 8.84. The van der Waals surface area contributed by atoms with Gasteiger partial charge in [0.1, 0.15) is 0 Å². The summed E-state index contributed by atoms with van der Waals surface area (Å²) in [4.78, 5) is 15.9. The number of rotatable bonds is 3. The second kappa shape index (κ2) is 4.49. The molecule has 0 spiro atoms. The molecule has 0 amide bonds. The van der Waals surface area contributed by atoms with Gasteiger partial charge in [-0.1, -0.05) is 18.2 Å². The number of pyridine rings is 1. The van der Waals surface area contributed by atoms with E-state index < -0.39 is 0 Å². The summed E-state index contributed by atoms with van der Waals surface area (Å²) in [5.74, 6) is 0. The highest BCUT2D eigenvalue weighted by Gasteiger charge is 2.01. The van der Waals surface area contributed by atoms with Crippen LogP contribution in [-0.2, 0) is 13.1 Å². The largest absolute Gasteiger partial charge is 0.329 e. The van der Waals surface area contributed by atoms with Crippen LogP contribution in [0, 0.1) is 0 Å². The van der Waals surface area contributed by atoms with E-state index in [2.05, 4.69) is 9.55 Å². The number of fused-ring (bicyclic) bond motifs is 1. The van der Waals surface area contributed by atoms with E-state index in [0.717, 1.165) is 17.6 Å². The Labute approximate surface area is 104 Å². The Kier molecular flexibility index (Phi) is 2.68. The quantitative estimate of drug-likeness (QED) is 0.700. The third-order valence-corrected chi connectivity index (χ3v) is 3.01. The summed E-state index contributed by atoms with van der Waals surface area (Å²) >= 11 is 0. The summed E-state index contributed by atoms with van der Waals surface area (Å²) < 4.78 is 3.77. The van der Waals surface area contributed by atoms with Crippen LogP contribution in [0.4, 0.5) is 0 Å². The molecule has 1 aromatic carbocycles. The molecule has 18 heavy (non-hydrogen) atoms. The van der Waals surface area contributed by atoms with Crippen molar-refractivity contribution < 1.29 is 0 Å². The average Bonchev–Trinajstić information content (AvgIpc) is 2.81. The van der Waals surface area contributed by atoms with Crippen LogP contribution in [-0.4, -0.2) is 14.1 Å². The number of aryl methyl sites for hydroxylation is 2. The molecule has 0 atom stereocenters. The van der Waals surface area contributed by atoms with Gasteiger partial charge in [0.05, 0.1) is 17.4 Å². The fourth-order valence-corrected chi connectivity index (χ4v) is 2.05. The molecule has 4 heteroatoms. The van der Waals surface area contributed by atoms with Crippen molar-refractivity contribution in [1.82, 2.24) is 14.1 Å². The summed E-state index contributed by atoms with van der Waals surface area (Å²) in [6.07, 6.45) is 3.63. The molecule has 0 unspecified atom stereocenters. The van der Waals surface area contributed by atoms with Crippen molar-refractivity contribution in [3.8, 4) is 0 Å². The van der Waals surface area contributed by atoms with Crippen LogP contribution < -0.4 is 5.56 Å². The van der Waals surface area contributed by atoms with Gasteiger partial charge < -0.3 is 9.13 Å². The van der Waals surface area contributed by atoms with Crippen molar-refractivity contribution in [3.63, 3.8) is 0 Å². The van der Waals surface area contributed by atoms with Gasteiger partial charge in [-0.05, 0) is 18.2 Å². The minimum Gasteiger partial charge on any atom is -0.329 e. The zero-order valence-electron chi connectivity index (χ0n) is 9.86. The van der Waals surface area contributed by atoms with Gasteiger partial charge in [-0.15, -0.1) is 0 Å². The molecule has 0 fully saturated rings. The standard InChI is InChI=1S/C14H13N3O/c18-14-7-3-4-8-16(14)9-10-17-11-15-12-5-1-2-6-13(12)17/h1-8,11H,9-10H2. The minimum atomic E-state index is 0.0296. The van der Waals surface area contributed by atoms with Gasteiger partial charge in [-0.3, -0.25) is 4.79 Å². The minimum absolute atomic E-state index is 0.0296. The van der Waals surface area contributed by atoms with Crippen molar-refractivity contribution in [2.75, 3.05) is 0 Å². The summed E-state index contributed by atoms with van der Waals surface area (Å²) in [6, 6.07) is 13.2. The zero-order valence-corrected chi connectivity index (χ0v) is 9.86. The normalized spacial score (nSPS) is 10.9. The Morgan fingerprint density at radius 3 is 2.61 bits per heavy atom. The molecule has 3 aromatic rings. The molecule has 0 aliphatic carbocycles. The van der Waals surface area contributed by atoms with Crippen LogP contribution >= 0.6 is 0 Å². The molecular weight excluding hydrogens is 226 g/mol. The summed E-state index contributed by atoms with van der Waals surface area (Å²) in [5.41, 5.74) is 2.11. The van der Waals surface area contributed by atoms with E-state index in [9.17, 15) is 4.79 Å². The number of imidazole rings is 1. The first kappa shape index (κ1) is 10.8. The van der Waals surface area contributed by atoms with Gasteiger partial charge in [-0.2, -0.15) is 0 Å². The number of hydrogen-bond donors (Lipinski definition) is 0. The highest BCUT2D eigenvalue weighted by molar-refractivity contribution is 5.74. The van der Waals surface area contributed by atoms with Crippen LogP contribution in [0.1, 0.15) is 0 Å². The van der Waals surface area contributed by atoms with E-state index >= 15 is 0 Å². The van der Waals surface area contributed by atoms with Crippen LogP contribution in [0.15, 0.2) is 59.8 Å². The first-order valence-electron chi connectivity index (χ1n) is 5.90. The van der Waals surface area contributed by atoms with Crippen molar-refractivity contribution in [1.29, 1.82) is 0 Å². The maximum Gasteiger partial charge on any atom is 0.250 e. The fraction of sp³-hybridized carbons (Fsp3) is 0.143. The van der Waals surface area contributed by atoms with Crippen LogP contribution in [0.5, 0.6) is 0 Å². The lowest BCUT2D eigenvalue weighted by atomic mass is 10.3. The Bertz CT molecular complexity index is 727. The molecule has 90 valence electrons. The Morgan fingerprint density at radius 2 is 1.72 bits per heavy atom. The predicted molar refractivity (Wildman–Crippen MR) is 70.4 cm³/mol. The van der Waals surface area contributed by atoms with Gasteiger partial charge in [-0.25, -0.2) is 4.98 Å². The third-order valence-electron chi connectivity index (χ3n) is 3.01. The average molecular weight is 239 g/mol. The van der Waals surface area contributed by atoms with E-state index in [1.54, 1.807) is 22.9 Å². The number of aromatic nitrogens is 3. The Balaban J connectivity index is 1.86. The summed E-state index contributed by atoms with van der Waals surface area (Å²) in [7, 11) is 0. The first-order valence-corrected chi connectivity index (χ1v) is 5.90. The molecule has 3 rings (SSSR count). The predicted octanol–water partition coefficient (Wildman–Crippen LogP) is 1.90. The molecule has 0 aliphatic heterocycles. The van der Waals surface area contributed by atoms with Gasteiger partial charge in [0, 0.05) is 25.4 Å². The molecule has 0 saturated heterocycles. The van der Waals surface area contributed by atoms with Crippen molar-refractivity contribution in [3.05, 3.63) is 65.3 Å². The molecule has 0 saturated carbocycles.